The lowest BCUT2D eigenvalue weighted by Gasteiger charge is -2.10. The molecular weight excluding hydrogens is 362 g/mol. The van der Waals surface area contributed by atoms with Crippen LogP contribution in [-0.2, 0) is 0 Å². The molecule has 0 aliphatic rings. The number of carbonyl (C=O) groups is 1. The summed E-state index contributed by atoms with van der Waals surface area (Å²) in [6.07, 6.45) is 1.59. The number of amides is 1. The number of benzene rings is 2. The van der Waals surface area contributed by atoms with Gasteiger partial charge in [0.15, 0.2) is 0 Å². The van der Waals surface area contributed by atoms with Gasteiger partial charge in [-0.05, 0) is 67.9 Å². The van der Waals surface area contributed by atoms with E-state index >= 15 is 0 Å². The first-order valence-electron chi connectivity index (χ1n) is 8.58. The van der Waals surface area contributed by atoms with Crippen molar-refractivity contribution in [1.82, 2.24) is 4.98 Å². The molecule has 0 saturated heterocycles. The molecule has 0 radical (unpaired) electrons. The van der Waals surface area contributed by atoms with E-state index in [4.69, 9.17) is 16.3 Å². The molecule has 0 aliphatic carbocycles. The average Bonchev–Trinajstić information content (AvgIpc) is 2.67. The minimum Gasteiger partial charge on any atom is -0.494 e. The zero-order chi connectivity index (χ0) is 19.2. The van der Waals surface area contributed by atoms with E-state index in [1.165, 1.54) is 0 Å². The van der Waals surface area contributed by atoms with Crippen molar-refractivity contribution in [3.63, 3.8) is 0 Å². The first-order chi connectivity index (χ1) is 13.0. The van der Waals surface area contributed by atoms with Crippen molar-refractivity contribution in [2.75, 3.05) is 17.2 Å². The molecule has 138 valence electrons. The van der Waals surface area contributed by atoms with E-state index in [1.807, 2.05) is 44.2 Å². The molecule has 0 spiro atoms. The number of ether oxygens (including phenoxy) is 1. The molecule has 0 aliphatic heterocycles. The fraction of sp³-hybridized carbons (Fsp3) is 0.143. The zero-order valence-corrected chi connectivity index (χ0v) is 15.9. The second-order valence-electron chi connectivity index (χ2n) is 5.93. The lowest BCUT2D eigenvalue weighted by molar-refractivity contribution is 0.102. The van der Waals surface area contributed by atoms with E-state index in [9.17, 15) is 4.79 Å². The van der Waals surface area contributed by atoms with Crippen molar-refractivity contribution in [1.29, 1.82) is 0 Å². The first-order valence-corrected chi connectivity index (χ1v) is 8.96. The average molecular weight is 382 g/mol. The minimum absolute atomic E-state index is 0.287. The smallest absolute Gasteiger partial charge is 0.274 e. The Morgan fingerprint density at radius 3 is 2.44 bits per heavy atom. The van der Waals surface area contributed by atoms with Crippen molar-refractivity contribution < 1.29 is 9.53 Å². The van der Waals surface area contributed by atoms with Gasteiger partial charge in [-0.1, -0.05) is 17.7 Å². The molecule has 1 heterocycles. The van der Waals surface area contributed by atoms with E-state index in [0.29, 0.717) is 23.0 Å². The standard InChI is InChI=1S/C21H20ClN3O2/c1-3-27-18-8-6-15(7-9-18)25-21(26)20-13-17(10-11-23-20)24-16-5-4-14(2)19(22)12-16/h4-13H,3H2,1-2H3,(H,23,24)(H,25,26). The highest BCUT2D eigenvalue weighted by molar-refractivity contribution is 6.31. The first kappa shape index (κ1) is 18.7. The fourth-order valence-corrected chi connectivity index (χ4v) is 2.65. The molecule has 2 aromatic carbocycles. The maximum atomic E-state index is 12.5. The summed E-state index contributed by atoms with van der Waals surface area (Å²) >= 11 is 6.16. The van der Waals surface area contributed by atoms with Gasteiger partial charge in [-0.3, -0.25) is 9.78 Å². The third-order valence-corrected chi connectivity index (χ3v) is 4.28. The Balaban J connectivity index is 1.70. The number of anilines is 3. The van der Waals surface area contributed by atoms with Gasteiger partial charge in [0.2, 0.25) is 0 Å². The van der Waals surface area contributed by atoms with Gasteiger partial charge in [0, 0.05) is 28.3 Å². The Morgan fingerprint density at radius 1 is 1.04 bits per heavy atom. The Labute approximate surface area is 163 Å². The number of aromatic nitrogens is 1. The van der Waals surface area contributed by atoms with Crippen molar-refractivity contribution in [2.45, 2.75) is 13.8 Å². The lowest BCUT2D eigenvalue weighted by atomic mass is 10.2. The van der Waals surface area contributed by atoms with Crippen LogP contribution in [0.4, 0.5) is 17.1 Å². The van der Waals surface area contributed by atoms with Gasteiger partial charge >= 0.3 is 0 Å². The Morgan fingerprint density at radius 2 is 1.74 bits per heavy atom. The Bertz CT molecular complexity index is 942. The third kappa shape index (κ3) is 4.99. The van der Waals surface area contributed by atoms with Crippen LogP contribution in [0.1, 0.15) is 23.0 Å². The minimum atomic E-state index is -0.287. The molecule has 6 heteroatoms. The molecule has 27 heavy (non-hydrogen) atoms. The van der Waals surface area contributed by atoms with Crippen LogP contribution >= 0.6 is 11.6 Å². The number of rotatable bonds is 6. The van der Waals surface area contributed by atoms with Gasteiger partial charge in [-0.15, -0.1) is 0 Å². The summed E-state index contributed by atoms with van der Waals surface area (Å²) in [5.41, 5.74) is 3.59. The molecule has 5 nitrogen and oxygen atoms in total. The molecule has 0 fully saturated rings. The van der Waals surface area contributed by atoms with Crippen molar-refractivity contribution in [3.05, 3.63) is 77.1 Å². The molecule has 0 atom stereocenters. The molecule has 3 rings (SSSR count). The largest absolute Gasteiger partial charge is 0.494 e. The van der Waals surface area contributed by atoms with Gasteiger partial charge in [-0.25, -0.2) is 0 Å². The second kappa shape index (κ2) is 8.56. The number of nitrogens with one attached hydrogen (secondary N) is 2. The number of pyridine rings is 1. The van der Waals surface area contributed by atoms with Crippen LogP contribution in [0.3, 0.4) is 0 Å². The third-order valence-electron chi connectivity index (χ3n) is 3.88. The Kier molecular flexibility index (Phi) is 5.94. The highest BCUT2D eigenvalue weighted by atomic mass is 35.5. The normalized spacial score (nSPS) is 10.3. The van der Waals surface area contributed by atoms with E-state index in [2.05, 4.69) is 15.6 Å². The topological polar surface area (TPSA) is 63.2 Å². The summed E-state index contributed by atoms with van der Waals surface area (Å²) in [6, 6.07) is 16.4. The number of halogens is 1. The molecule has 3 aromatic rings. The van der Waals surface area contributed by atoms with Crippen LogP contribution in [-0.4, -0.2) is 17.5 Å². The molecule has 0 bridgehead atoms. The summed E-state index contributed by atoms with van der Waals surface area (Å²) < 4.78 is 5.40. The van der Waals surface area contributed by atoms with Crippen LogP contribution in [0.15, 0.2) is 60.8 Å². The number of carbonyl (C=O) groups excluding carboxylic acids is 1. The predicted octanol–water partition coefficient (Wildman–Crippen LogP) is 5.44. The lowest BCUT2D eigenvalue weighted by Crippen LogP contribution is -2.13. The molecular formula is C21H20ClN3O2. The Hall–Kier alpha value is -3.05. The maximum Gasteiger partial charge on any atom is 0.274 e. The summed E-state index contributed by atoms with van der Waals surface area (Å²) in [6.45, 7) is 4.47. The van der Waals surface area contributed by atoms with E-state index in [-0.39, 0.29) is 5.91 Å². The van der Waals surface area contributed by atoms with E-state index in [0.717, 1.165) is 22.7 Å². The van der Waals surface area contributed by atoms with Gasteiger partial charge in [0.25, 0.3) is 5.91 Å². The molecule has 1 aromatic heterocycles. The van der Waals surface area contributed by atoms with Crippen LogP contribution in [0.25, 0.3) is 0 Å². The van der Waals surface area contributed by atoms with Crippen LogP contribution in [0.2, 0.25) is 5.02 Å². The van der Waals surface area contributed by atoms with Crippen LogP contribution in [0, 0.1) is 6.92 Å². The molecule has 0 saturated carbocycles. The molecule has 1 amide bonds. The zero-order valence-electron chi connectivity index (χ0n) is 15.1. The molecule has 0 unspecified atom stereocenters. The van der Waals surface area contributed by atoms with Crippen LogP contribution < -0.4 is 15.4 Å². The highest BCUT2D eigenvalue weighted by Gasteiger charge is 2.09. The van der Waals surface area contributed by atoms with Crippen molar-refractivity contribution in [3.8, 4) is 5.75 Å². The number of nitrogens with zero attached hydrogens (tertiary/aromatic N) is 1. The van der Waals surface area contributed by atoms with Gasteiger partial charge in [-0.2, -0.15) is 0 Å². The SMILES string of the molecule is CCOc1ccc(NC(=O)c2cc(Nc3ccc(C)c(Cl)c3)ccn2)cc1. The van der Waals surface area contributed by atoms with Crippen molar-refractivity contribution in [2.24, 2.45) is 0 Å². The monoisotopic (exact) mass is 381 g/mol. The van der Waals surface area contributed by atoms with Gasteiger partial charge in [0.05, 0.1) is 6.61 Å². The number of aryl methyl sites for hydroxylation is 1. The van der Waals surface area contributed by atoms with Gasteiger partial charge < -0.3 is 15.4 Å². The van der Waals surface area contributed by atoms with Gasteiger partial charge in [0.1, 0.15) is 11.4 Å². The summed E-state index contributed by atoms with van der Waals surface area (Å²) in [7, 11) is 0. The summed E-state index contributed by atoms with van der Waals surface area (Å²) in [5.74, 6) is 0.473. The summed E-state index contributed by atoms with van der Waals surface area (Å²) in [5, 5.41) is 6.74. The highest BCUT2D eigenvalue weighted by Crippen LogP contribution is 2.23. The maximum absolute atomic E-state index is 12.5. The van der Waals surface area contributed by atoms with Crippen molar-refractivity contribution >= 4 is 34.6 Å². The summed E-state index contributed by atoms with van der Waals surface area (Å²) in [4.78, 5) is 16.6. The van der Waals surface area contributed by atoms with E-state index < -0.39 is 0 Å². The van der Waals surface area contributed by atoms with Crippen LogP contribution in [0.5, 0.6) is 5.75 Å². The predicted molar refractivity (Wildman–Crippen MR) is 109 cm³/mol. The quantitative estimate of drug-likeness (QED) is 0.597. The number of hydrogen-bond donors (Lipinski definition) is 2. The fourth-order valence-electron chi connectivity index (χ4n) is 2.47. The number of hydrogen-bond acceptors (Lipinski definition) is 4. The second-order valence-corrected chi connectivity index (χ2v) is 6.34. The van der Waals surface area contributed by atoms with E-state index in [1.54, 1.807) is 30.5 Å². The molecule has 2 N–H and O–H groups in total.